The Morgan fingerprint density at radius 2 is 1.62 bits per heavy atom. The van der Waals surface area contributed by atoms with Gasteiger partial charge in [0.25, 0.3) is 5.56 Å². The van der Waals surface area contributed by atoms with Gasteiger partial charge in [-0.05, 0) is 51.8 Å². The van der Waals surface area contributed by atoms with Gasteiger partial charge in [-0.2, -0.15) is 0 Å². The molecule has 0 unspecified atom stereocenters. The third-order valence-electron chi connectivity index (χ3n) is 6.44. The quantitative estimate of drug-likeness (QED) is 0.330. The lowest BCUT2D eigenvalue weighted by molar-refractivity contribution is -0.120. The number of nitrogens with one attached hydrogen (secondary N) is 1. The van der Waals surface area contributed by atoms with Crippen LogP contribution in [0.15, 0.2) is 77.6 Å². The first-order chi connectivity index (χ1) is 18.6. The first-order valence-corrected chi connectivity index (χ1v) is 13.6. The van der Waals surface area contributed by atoms with Gasteiger partial charge in [0.15, 0.2) is 5.78 Å². The fourth-order valence-electron chi connectivity index (χ4n) is 4.72. The third-order valence-corrected chi connectivity index (χ3v) is 7.55. The number of pyridine rings is 1. The van der Waals surface area contributed by atoms with Crippen molar-refractivity contribution in [3.63, 3.8) is 0 Å². The van der Waals surface area contributed by atoms with Crippen molar-refractivity contribution in [2.75, 3.05) is 11.9 Å². The Labute approximate surface area is 229 Å². The summed E-state index contributed by atoms with van der Waals surface area (Å²) in [5.41, 5.74) is 0.474. The normalized spacial score (nSPS) is 15.4. The first kappa shape index (κ1) is 26.4. The SMILES string of the molecule is CC(C)(C)OC(=O)N1CCC[C@H]1C(=O)Nc1sc2c(ccc(=O)n2-c2ccccc2)c1C(=O)c1ccccc1. The summed E-state index contributed by atoms with van der Waals surface area (Å²) in [6.45, 7) is 5.74. The van der Waals surface area contributed by atoms with Crippen LogP contribution in [0.5, 0.6) is 0 Å². The van der Waals surface area contributed by atoms with Crippen molar-refractivity contribution in [1.29, 1.82) is 0 Å². The first-order valence-electron chi connectivity index (χ1n) is 12.8. The van der Waals surface area contributed by atoms with Gasteiger partial charge < -0.3 is 10.1 Å². The van der Waals surface area contributed by atoms with E-state index in [1.807, 2.05) is 36.4 Å². The van der Waals surface area contributed by atoms with Crippen molar-refractivity contribution >= 4 is 44.3 Å². The second-order valence-corrected chi connectivity index (χ2v) is 11.4. The molecule has 200 valence electrons. The van der Waals surface area contributed by atoms with Crippen LogP contribution in [0, 0.1) is 0 Å². The Morgan fingerprint density at radius 3 is 2.28 bits per heavy atom. The van der Waals surface area contributed by atoms with Gasteiger partial charge >= 0.3 is 6.09 Å². The fraction of sp³-hybridized carbons (Fsp3) is 0.267. The average Bonchev–Trinajstić information content (AvgIpc) is 3.53. The second kappa shape index (κ2) is 10.5. The number of hydrogen-bond acceptors (Lipinski definition) is 6. The lowest BCUT2D eigenvalue weighted by Crippen LogP contribution is -2.45. The molecule has 8 nitrogen and oxygen atoms in total. The van der Waals surface area contributed by atoms with Crippen LogP contribution < -0.4 is 10.9 Å². The number of fused-ring (bicyclic) bond motifs is 1. The maximum Gasteiger partial charge on any atom is 0.410 e. The number of benzene rings is 2. The van der Waals surface area contributed by atoms with Crippen LogP contribution in [-0.2, 0) is 9.53 Å². The minimum Gasteiger partial charge on any atom is -0.444 e. The van der Waals surface area contributed by atoms with Crippen molar-refractivity contribution in [3.05, 3.63) is 94.3 Å². The highest BCUT2D eigenvalue weighted by Crippen LogP contribution is 2.38. The molecule has 2 aromatic heterocycles. The minimum atomic E-state index is -0.735. The number of ether oxygens (including phenoxy) is 1. The third kappa shape index (κ3) is 5.35. The molecule has 1 N–H and O–H groups in total. The van der Waals surface area contributed by atoms with E-state index in [4.69, 9.17) is 4.74 Å². The molecule has 1 saturated heterocycles. The van der Waals surface area contributed by atoms with Crippen LogP contribution in [0.1, 0.15) is 49.5 Å². The highest BCUT2D eigenvalue weighted by Gasteiger charge is 2.37. The number of carbonyl (C=O) groups excluding carboxylic acids is 3. The van der Waals surface area contributed by atoms with Crippen molar-refractivity contribution in [2.24, 2.45) is 0 Å². The predicted molar refractivity (Wildman–Crippen MR) is 152 cm³/mol. The summed E-state index contributed by atoms with van der Waals surface area (Å²) in [7, 11) is 0. The number of nitrogens with zero attached hydrogens (tertiary/aromatic N) is 2. The molecule has 0 spiro atoms. The maximum absolute atomic E-state index is 13.8. The Hall–Kier alpha value is -4.24. The standard InChI is InChI=1S/C30H29N3O5S/c1-30(2,3)38-29(37)32-18-10-15-22(32)26(36)31-27-24(25(35)19-11-6-4-7-12-19)21-16-17-23(34)33(28(21)39-27)20-13-8-5-9-14-20/h4-9,11-14,16-17,22H,10,15,18H2,1-3H3,(H,31,36)/t22-/m0/s1. The average molecular weight is 544 g/mol. The summed E-state index contributed by atoms with van der Waals surface area (Å²) in [4.78, 5) is 55.1. The monoisotopic (exact) mass is 543 g/mol. The Kier molecular flexibility index (Phi) is 7.10. The van der Waals surface area contributed by atoms with E-state index >= 15 is 0 Å². The Balaban J connectivity index is 1.59. The number of rotatable bonds is 5. The van der Waals surface area contributed by atoms with E-state index in [-0.39, 0.29) is 11.3 Å². The molecule has 1 aliphatic rings. The lowest BCUT2D eigenvalue weighted by atomic mass is 10.0. The number of para-hydroxylation sites is 1. The van der Waals surface area contributed by atoms with Crippen molar-refractivity contribution in [1.82, 2.24) is 9.47 Å². The van der Waals surface area contributed by atoms with E-state index in [1.165, 1.54) is 11.0 Å². The van der Waals surface area contributed by atoms with Gasteiger partial charge in [-0.1, -0.05) is 59.9 Å². The van der Waals surface area contributed by atoms with Gasteiger partial charge in [0.1, 0.15) is 21.5 Å². The predicted octanol–water partition coefficient (Wildman–Crippen LogP) is 5.62. The molecule has 2 amide bonds. The van der Waals surface area contributed by atoms with Crippen LogP contribution in [0.25, 0.3) is 15.9 Å². The second-order valence-electron chi connectivity index (χ2n) is 10.4. The summed E-state index contributed by atoms with van der Waals surface area (Å²) >= 11 is 1.16. The van der Waals surface area contributed by atoms with Crippen molar-refractivity contribution in [3.8, 4) is 5.69 Å². The molecule has 3 heterocycles. The van der Waals surface area contributed by atoms with Gasteiger partial charge in [-0.15, -0.1) is 0 Å². The summed E-state index contributed by atoms with van der Waals surface area (Å²) in [6, 6.07) is 20.3. The molecular weight excluding hydrogens is 514 g/mol. The molecule has 1 aliphatic heterocycles. The number of aromatic nitrogens is 1. The summed E-state index contributed by atoms with van der Waals surface area (Å²) < 4.78 is 7.06. The lowest BCUT2D eigenvalue weighted by Gasteiger charge is -2.28. The molecule has 0 bridgehead atoms. The molecular formula is C30H29N3O5S. The van der Waals surface area contributed by atoms with Crippen LogP contribution in [0.2, 0.25) is 0 Å². The summed E-state index contributed by atoms with van der Waals surface area (Å²) in [5.74, 6) is -0.675. The van der Waals surface area contributed by atoms with Gasteiger partial charge in [0.05, 0.1) is 11.3 Å². The topological polar surface area (TPSA) is 97.7 Å². The Bertz CT molecular complexity index is 1600. The molecule has 4 aromatic rings. The van der Waals surface area contributed by atoms with Crippen LogP contribution in [0.4, 0.5) is 9.80 Å². The highest BCUT2D eigenvalue weighted by atomic mass is 32.1. The molecule has 0 aliphatic carbocycles. The molecule has 9 heteroatoms. The smallest absolute Gasteiger partial charge is 0.410 e. The van der Waals surface area contributed by atoms with Gasteiger partial charge in [0, 0.05) is 23.6 Å². The fourth-order valence-corrected chi connectivity index (χ4v) is 5.94. The number of anilines is 1. The number of thiophene rings is 1. The number of hydrogen-bond donors (Lipinski definition) is 1. The summed E-state index contributed by atoms with van der Waals surface area (Å²) in [6.07, 6.45) is 0.592. The zero-order chi connectivity index (χ0) is 27.7. The van der Waals surface area contributed by atoms with Gasteiger partial charge in [-0.25, -0.2) is 4.79 Å². The minimum absolute atomic E-state index is 0.251. The largest absolute Gasteiger partial charge is 0.444 e. The number of ketones is 1. The molecule has 5 rings (SSSR count). The van der Waals surface area contributed by atoms with Crippen molar-refractivity contribution < 1.29 is 19.1 Å². The molecule has 39 heavy (non-hydrogen) atoms. The number of likely N-dealkylation sites (tertiary alicyclic amines) is 1. The van der Waals surface area contributed by atoms with E-state index in [1.54, 1.807) is 55.7 Å². The highest BCUT2D eigenvalue weighted by molar-refractivity contribution is 7.23. The zero-order valence-electron chi connectivity index (χ0n) is 22.0. The molecule has 0 saturated carbocycles. The summed E-state index contributed by atoms with van der Waals surface area (Å²) in [5, 5.41) is 3.82. The van der Waals surface area contributed by atoms with E-state index in [0.29, 0.717) is 51.4 Å². The van der Waals surface area contributed by atoms with Crippen molar-refractivity contribution in [2.45, 2.75) is 45.3 Å². The Morgan fingerprint density at radius 1 is 0.949 bits per heavy atom. The van der Waals surface area contributed by atoms with E-state index in [0.717, 1.165) is 11.3 Å². The zero-order valence-corrected chi connectivity index (χ0v) is 22.8. The van der Waals surface area contributed by atoms with E-state index in [2.05, 4.69) is 5.32 Å². The molecule has 1 fully saturated rings. The van der Waals surface area contributed by atoms with E-state index < -0.39 is 23.6 Å². The molecule has 1 atom stereocenters. The van der Waals surface area contributed by atoms with E-state index in [9.17, 15) is 19.2 Å². The van der Waals surface area contributed by atoms with Crippen LogP contribution >= 0.6 is 11.3 Å². The van der Waals surface area contributed by atoms with Crippen LogP contribution in [-0.4, -0.2) is 45.4 Å². The number of carbonyl (C=O) groups is 3. The molecule has 0 radical (unpaired) electrons. The van der Waals surface area contributed by atoms with Crippen LogP contribution in [0.3, 0.4) is 0 Å². The maximum atomic E-state index is 13.8. The van der Waals surface area contributed by atoms with Gasteiger partial charge in [0.2, 0.25) is 5.91 Å². The number of amides is 2. The molecule has 2 aromatic carbocycles. The van der Waals surface area contributed by atoms with Gasteiger partial charge in [-0.3, -0.25) is 23.9 Å².